The van der Waals surface area contributed by atoms with Crippen LogP contribution in [0.5, 0.6) is 0 Å². The quantitative estimate of drug-likeness (QED) is 0.822. The van der Waals surface area contributed by atoms with Crippen molar-refractivity contribution >= 4 is 17.9 Å². The minimum Gasteiger partial charge on any atom is -0.348 e. The Morgan fingerprint density at radius 1 is 0.880 bits per heavy atom. The van der Waals surface area contributed by atoms with Crippen LogP contribution in [-0.2, 0) is 4.79 Å². The molecule has 25 heavy (non-hydrogen) atoms. The summed E-state index contributed by atoms with van der Waals surface area (Å²) in [6.45, 7) is 0. The second-order valence-corrected chi connectivity index (χ2v) is 6.24. The van der Waals surface area contributed by atoms with Crippen molar-refractivity contribution in [2.45, 2.75) is 31.7 Å². The Bertz CT molecular complexity index is 748. The van der Waals surface area contributed by atoms with E-state index in [0.717, 1.165) is 31.2 Å². The highest BCUT2D eigenvalue weighted by molar-refractivity contribution is 6.05. The van der Waals surface area contributed by atoms with Crippen molar-refractivity contribution in [3.8, 4) is 0 Å². The van der Waals surface area contributed by atoms with Crippen LogP contribution in [-0.4, -0.2) is 17.9 Å². The van der Waals surface area contributed by atoms with Gasteiger partial charge >= 0.3 is 0 Å². The van der Waals surface area contributed by atoms with Gasteiger partial charge in [0.15, 0.2) is 0 Å². The molecular formula is C21H22N2O2. The van der Waals surface area contributed by atoms with Crippen LogP contribution in [0.15, 0.2) is 66.4 Å². The van der Waals surface area contributed by atoms with Gasteiger partial charge in [0, 0.05) is 11.6 Å². The first kappa shape index (κ1) is 17.0. The van der Waals surface area contributed by atoms with Gasteiger partial charge in [0.05, 0.1) is 0 Å². The van der Waals surface area contributed by atoms with Crippen LogP contribution in [0.25, 0.3) is 6.08 Å². The molecule has 1 aliphatic carbocycles. The summed E-state index contributed by atoms with van der Waals surface area (Å²) in [7, 11) is 0. The van der Waals surface area contributed by atoms with Gasteiger partial charge in [0.1, 0.15) is 5.70 Å². The highest BCUT2D eigenvalue weighted by Gasteiger charge is 2.20. The first-order valence-electron chi connectivity index (χ1n) is 8.66. The molecule has 2 aromatic rings. The normalized spacial score (nSPS) is 15.0. The fourth-order valence-corrected chi connectivity index (χ4v) is 2.99. The first-order valence-corrected chi connectivity index (χ1v) is 8.66. The summed E-state index contributed by atoms with van der Waals surface area (Å²) in [5.41, 5.74) is 1.66. The van der Waals surface area contributed by atoms with Gasteiger partial charge in [-0.3, -0.25) is 9.59 Å². The topological polar surface area (TPSA) is 58.2 Å². The fourth-order valence-electron chi connectivity index (χ4n) is 2.99. The van der Waals surface area contributed by atoms with Crippen LogP contribution in [0.1, 0.15) is 41.6 Å². The number of hydrogen-bond donors (Lipinski definition) is 2. The molecule has 0 aliphatic heterocycles. The van der Waals surface area contributed by atoms with E-state index in [2.05, 4.69) is 10.6 Å². The molecule has 0 spiro atoms. The lowest BCUT2D eigenvalue weighted by atomic mass is 10.1. The summed E-state index contributed by atoms with van der Waals surface area (Å²) in [6, 6.07) is 18.6. The molecule has 4 heteroatoms. The number of carbonyl (C=O) groups is 2. The Morgan fingerprint density at radius 3 is 2.12 bits per heavy atom. The standard InChI is InChI=1S/C21H22N2O2/c24-20(17-11-5-2-6-12-17)23-19(15-16-9-3-1-4-10-16)21(25)22-18-13-7-8-14-18/h1-6,9-12,15,18H,7-8,13-14H2,(H,22,25)(H,23,24). The highest BCUT2D eigenvalue weighted by atomic mass is 16.2. The summed E-state index contributed by atoms with van der Waals surface area (Å²) >= 11 is 0. The number of carbonyl (C=O) groups excluding carboxylic acids is 2. The third-order valence-electron chi connectivity index (χ3n) is 4.33. The molecule has 2 aromatic carbocycles. The molecule has 0 aromatic heterocycles. The monoisotopic (exact) mass is 334 g/mol. The zero-order chi connectivity index (χ0) is 17.5. The van der Waals surface area contributed by atoms with Gasteiger partial charge in [-0.15, -0.1) is 0 Å². The molecule has 4 nitrogen and oxygen atoms in total. The maximum atomic E-state index is 12.7. The second kappa shape index (κ2) is 8.29. The average molecular weight is 334 g/mol. The van der Waals surface area contributed by atoms with Crippen molar-refractivity contribution in [3.05, 3.63) is 77.5 Å². The number of amides is 2. The van der Waals surface area contributed by atoms with E-state index < -0.39 is 0 Å². The van der Waals surface area contributed by atoms with Crippen molar-refractivity contribution in [2.24, 2.45) is 0 Å². The van der Waals surface area contributed by atoms with Gasteiger partial charge in [-0.25, -0.2) is 0 Å². The van der Waals surface area contributed by atoms with Crippen LogP contribution in [0.2, 0.25) is 0 Å². The van der Waals surface area contributed by atoms with Gasteiger partial charge in [-0.05, 0) is 36.6 Å². The summed E-state index contributed by atoms with van der Waals surface area (Å²) in [4.78, 5) is 25.1. The highest BCUT2D eigenvalue weighted by Crippen LogP contribution is 2.18. The maximum Gasteiger partial charge on any atom is 0.268 e. The van der Waals surface area contributed by atoms with E-state index in [0.29, 0.717) is 5.56 Å². The van der Waals surface area contributed by atoms with Crippen molar-refractivity contribution in [3.63, 3.8) is 0 Å². The zero-order valence-corrected chi connectivity index (χ0v) is 14.1. The molecule has 0 saturated heterocycles. The average Bonchev–Trinajstić information content (AvgIpc) is 3.15. The summed E-state index contributed by atoms with van der Waals surface area (Å²) in [5.74, 6) is -0.524. The van der Waals surface area contributed by atoms with Crippen molar-refractivity contribution in [2.75, 3.05) is 0 Å². The summed E-state index contributed by atoms with van der Waals surface area (Å²) in [6.07, 6.45) is 5.98. The van der Waals surface area contributed by atoms with E-state index in [4.69, 9.17) is 0 Å². The first-order chi connectivity index (χ1) is 12.2. The SMILES string of the molecule is O=C(NC1CCCC1)C(=Cc1ccccc1)NC(=O)c1ccccc1. The molecule has 0 radical (unpaired) electrons. The van der Waals surface area contributed by atoms with E-state index in [-0.39, 0.29) is 23.6 Å². The minimum atomic E-state index is -0.288. The van der Waals surface area contributed by atoms with E-state index in [1.807, 2.05) is 36.4 Å². The van der Waals surface area contributed by atoms with Crippen LogP contribution >= 0.6 is 0 Å². The molecule has 128 valence electrons. The van der Waals surface area contributed by atoms with Gasteiger partial charge in [0.2, 0.25) is 0 Å². The predicted molar refractivity (Wildman–Crippen MR) is 98.7 cm³/mol. The molecule has 0 bridgehead atoms. The van der Waals surface area contributed by atoms with Crippen LogP contribution in [0.3, 0.4) is 0 Å². The summed E-state index contributed by atoms with van der Waals surface area (Å²) < 4.78 is 0. The Balaban J connectivity index is 1.79. The van der Waals surface area contributed by atoms with Crippen LogP contribution in [0, 0.1) is 0 Å². The molecular weight excluding hydrogens is 312 g/mol. The zero-order valence-electron chi connectivity index (χ0n) is 14.1. The molecule has 2 amide bonds. The predicted octanol–water partition coefficient (Wildman–Crippen LogP) is 3.52. The summed E-state index contributed by atoms with van der Waals surface area (Å²) in [5, 5.41) is 5.80. The number of rotatable bonds is 5. The van der Waals surface area contributed by atoms with Gasteiger partial charge in [-0.1, -0.05) is 61.4 Å². The maximum absolute atomic E-state index is 12.7. The van der Waals surface area contributed by atoms with Gasteiger partial charge < -0.3 is 10.6 Å². The molecule has 0 atom stereocenters. The molecule has 2 N–H and O–H groups in total. The number of benzene rings is 2. The van der Waals surface area contributed by atoms with Crippen molar-refractivity contribution < 1.29 is 9.59 Å². The lowest BCUT2D eigenvalue weighted by Crippen LogP contribution is -2.39. The van der Waals surface area contributed by atoms with Gasteiger partial charge in [0.25, 0.3) is 11.8 Å². The van der Waals surface area contributed by atoms with Crippen LogP contribution in [0.4, 0.5) is 0 Å². The molecule has 3 rings (SSSR count). The van der Waals surface area contributed by atoms with E-state index >= 15 is 0 Å². The Morgan fingerprint density at radius 2 is 1.48 bits per heavy atom. The molecule has 0 unspecified atom stereocenters. The molecule has 1 aliphatic rings. The smallest absolute Gasteiger partial charge is 0.268 e. The minimum absolute atomic E-state index is 0.195. The third kappa shape index (κ3) is 4.80. The molecule has 0 heterocycles. The van der Waals surface area contributed by atoms with Crippen molar-refractivity contribution in [1.29, 1.82) is 0 Å². The number of hydrogen-bond acceptors (Lipinski definition) is 2. The molecule has 1 fully saturated rings. The van der Waals surface area contributed by atoms with Gasteiger partial charge in [-0.2, -0.15) is 0 Å². The lowest BCUT2D eigenvalue weighted by molar-refractivity contribution is -0.118. The third-order valence-corrected chi connectivity index (χ3v) is 4.33. The second-order valence-electron chi connectivity index (χ2n) is 6.24. The van der Waals surface area contributed by atoms with E-state index in [1.165, 1.54) is 0 Å². The largest absolute Gasteiger partial charge is 0.348 e. The molecule has 1 saturated carbocycles. The lowest BCUT2D eigenvalue weighted by Gasteiger charge is -2.15. The Hall–Kier alpha value is -2.88. The Labute approximate surface area is 148 Å². The fraction of sp³-hybridized carbons (Fsp3) is 0.238. The Kier molecular flexibility index (Phi) is 5.62. The van der Waals surface area contributed by atoms with E-state index in [1.54, 1.807) is 30.3 Å². The van der Waals surface area contributed by atoms with E-state index in [9.17, 15) is 9.59 Å². The van der Waals surface area contributed by atoms with Crippen LogP contribution < -0.4 is 10.6 Å². The number of nitrogens with one attached hydrogen (secondary N) is 2. The van der Waals surface area contributed by atoms with Crippen molar-refractivity contribution in [1.82, 2.24) is 10.6 Å².